The number of rotatable bonds is 8. The Hall–Kier alpha value is -1.88. The maximum Gasteiger partial charge on any atom is 0.237 e. The molecule has 1 aromatic carbocycles. The number of carbonyl (C=O) groups is 2. The lowest BCUT2D eigenvalue weighted by Crippen LogP contribution is -2.47. The number of amides is 2. The van der Waals surface area contributed by atoms with Crippen molar-refractivity contribution >= 4 is 11.8 Å². The first-order valence-electron chi connectivity index (χ1n) is 7.67. The third kappa shape index (κ3) is 5.85. The number of nitrogens with zero attached hydrogens (tertiary/aromatic N) is 2. The van der Waals surface area contributed by atoms with Crippen molar-refractivity contribution in [2.75, 3.05) is 13.1 Å². The van der Waals surface area contributed by atoms with Crippen LogP contribution in [-0.2, 0) is 16.1 Å². The van der Waals surface area contributed by atoms with Crippen LogP contribution in [0.3, 0.4) is 0 Å². The van der Waals surface area contributed by atoms with Gasteiger partial charge in [0, 0.05) is 18.6 Å². The molecular weight excluding hydrogens is 278 g/mol. The quantitative estimate of drug-likeness (QED) is 0.793. The molecule has 1 rings (SSSR count). The average Bonchev–Trinajstić information content (AvgIpc) is 2.44. The van der Waals surface area contributed by atoms with E-state index in [-0.39, 0.29) is 31.1 Å². The van der Waals surface area contributed by atoms with E-state index in [2.05, 4.69) is 0 Å². The molecule has 0 aliphatic carbocycles. The van der Waals surface area contributed by atoms with E-state index < -0.39 is 5.91 Å². The molecule has 0 saturated heterocycles. The summed E-state index contributed by atoms with van der Waals surface area (Å²) in [6.07, 6.45) is 0. The number of carbonyl (C=O) groups excluding carboxylic acids is 2. The smallest absolute Gasteiger partial charge is 0.237 e. The van der Waals surface area contributed by atoms with Gasteiger partial charge < -0.3 is 10.6 Å². The van der Waals surface area contributed by atoms with E-state index in [1.165, 1.54) is 0 Å². The zero-order valence-electron chi connectivity index (χ0n) is 14.0. The van der Waals surface area contributed by atoms with Gasteiger partial charge in [-0.15, -0.1) is 0 Å². The molecule has 5 heteroatoms. The second-order valence-corrected chi connectivity index (χ2v) is 6.07. The fourth-order valence-corrected chi connectivity index (χ4v) is 2.22. The lowest BCUT2D eigenvalue weighted by Gasteiger charge is -2.31. The Labute approximate surface area is 133 Å². The fourth-order valence-electron chi connectivity index (χ4n) is 2.22. The van der Waals surface area contributed by atoms with Gasteiger partial charge in [-0.1, -0.05) is 30.3 Å². The summed E-state index contributed by atoms with van der Waals surface area (Å²) in [4.78, 5) is 27.4. The van der Waals surface area contributed by atoms with E-state index in [1.807, 2.05) is 62.9 Å². The van der Waals surface area contributed by atoms with Gasteiger partial charge in [-0.25, -0.2) is 0 Å². The van der Waals surface area contributed by atoms with Crippen LogP contribution in [0.15, 0.2) is 30.3 Å². The molecule has 0 aliphatic heterocycles. The van der Waals surface area contributed by atoms with Gasteiger partial charge in [-0.3, -0.25) is 14.5 Å². The third-order valence-corrected chi connectivity index (χ3v) is 3.57. The Kier molecular flexibility index (Phi) is 7.05. The molecule has 2 N–H and O–H groups in total. The van der Waals surface area contributed by atoms with Crippen molar-refractivity contribution in [1.82, 2.24) is 9.80 Å². The summed E-state index contributed by atoms with van der Waals surface area (Å²) in [5.74, 6) is -0.408. The predicted octanol–water partition coefficient (Wildman–Crippen LogP) is 1.62. The first-order chi connectivity index (χ1) is 10.3. The molecule has 0 atom stereocenters. The highest BCUT2D eigenvalue weighted by Gasteiger charge is 2.22. The molecule has 22 heavy (non-hydrogen) atoms. The minimum atomic E-state index is -0.416. The van der Waals surface area contributed by atoms with Crippen molar-refractivity contribution in [2.24, 2.45) is 5.73 Å². The fraction of sp³-hybridized carbons (Fsp3) is 0.529. The van der Waals surface area contributed by atoms with E-state index in [1.54, 1.807) is 4.90 Å². The highest BCUT2D eigenvalue weighted by Crippen LogP contribution is 2.10. The zero-order valence-corrected chi connectivity index (χ0v) is 14.0. The molecular formula is C17H27N3O2. The van der Waals surface area contributed by atoms with Crippen molar-refractivity contribution in [3.05, 3.63) is 35.9 Å². The van der Waals surface area contributed by atoms with E-state index in [4.69, 9.17) is 5.73 Å². The maximum atomic E-state index is 12.6. The Morgan fingerprint density at radius 2 is 1.59 bits per heavy atom. The number of benzene rings is 1. The zero-order chi connectivity index (χ0) is 16.7. The van der Waals surface area contributed by atoms with Crippen LogP contribution in [0.2, 0.25) is 0 Å². The monoisotopic (exact) mass is 305 g/mol. The van der Waals surface area contributed by atoms with Crippen molar-refractivity contribution in [3.63, 3.8) is 0 Å². The summed E-state index contributed by atoms with van der Waals surface area (Å²) in [6.45, 7) is 8.76. The van der Waals surface area contributed by atoms with E-state index in [0.29, 0.717) is 6.54 Å². The highest BCUT2D eigenvalue weighted by molar-refractivity contribution is 5.80. The molecule has 2 amide bonds. The van der Waals surface area contributed by atoms with E-state index in [9.17, 15) is 9.59 Å². The molecule has 0 unspecified atom stereocenters. The molecule has 0 spiro atoms. The largest absolute Gasteiger partial charge is 0.369 e. The van der Waals surface area contributed by atoms with Crippen LogP contribution in [0.25, 0.3) is 0 Å². The van der Waals surface area contributed by atoms with Crippen LogP contribution in [0.4, 0.5) is 0 Å². The summed E-state index contributed by atoms with van der Waals surface area (Å²) in [5.41, 5.74) is 6.35. The molecule has 0 radical (unpaired) electrons. The number of hydrogen-bond acceptors (Lipinski definition) is 3. The molecule has 5 nitrogen and oxygen atoms in total. The summed E-state index contributed by atoms with van der Waals surface area (Å²) >= 11 is 0. The first kappa shape index (κ1) is 18.2. The molecule has 122 valence electrons. The van der Waals surface area contributed by atoms with Gasteiger partial charge in [0.25, 0.3) is 0 Å². The van der Waals surface area contributed by atoms with Crippen LogP contribution >= 0.6 is 0 Å². The Morgan fingerprint density at radius 3 is 2.05 bits per heavy atom. The van der Waals surface area contributed by atoms with Gasteiger partial charge in [-0.2, -0.15) is 0 Å². The first-order valence-corrected chi connectivity index (χ1v) is 7.67. The van der Waals surface area contributed by atoms with Crippen LogP contribution in [0.1, 0.15) is 33.3 Å². The van der Waals surface area contributed by atoms with E-state index >= 15 is 0 Å². The molecule has 0 fully saturated rings. The number of hydrogen-bond donors (Lipinski definition) is 1. The Bertz CT molecular complexity index is 486. The normalized spacial score (nSPS) is 11.2. The second kappa shape index (κ2) is 8.54. The van der Waals surface area contributed by atoms with Crippen molar-refractivity contribution in [2.45, 2.75) is 46.3 Å². The van der Waals surface area contributed by atoms with Crippen LogP contribution in [-0.4, -0.2) is 46.8 Å². The highest BCUT2D eigenvalue weighted by atomic mass is 16.2. The van der Waals surface area contributed by atoms with Gasteiger partial charge in [0.15, 0.2) is 0 Å². The summed E-state index contributed by atoms with van der Waals surface area (Å²) < 4.78 is 0. The van der Waals surface area contributed by atoms with Gasteiger partial charge >= 0.3 is 0 Å². The van der Waals surface area contributed by atoms with Crippen LogP contribution in [0.5, 0.6) is 0 Å². The summed E-state index contributed by atoms with van der Waals surface area (Å²) in [7, 11) is 0. The summed E-state index contributed by atoms with van der Waals surface area (Å²) in [6, 6.07) is 10.1. The van der Waals surface area contributed by atoms with Gasteiger partial charge in [0.1, 0.15) is 0 Å². The van der Waals surface area contributed by atoms with Gasteiger partial charge in [0.05, 0.1) is 13.1 Å². The van der Waals surface area contributed by atoms with Crippen LogP contribution in [0, 0.1) is 0 Å². The molecule has 0 bridgehead atoms. The summed E-state index contributed by atoms with van der Waals surface area (Å²) in [5, 5.41) is 0. The van der Waals surface area contributed by atoms with Crippen LogP contribution < -0.4 is 5.73 Å². The predicted molar refractivity (Wildman–Crippen MR) is 88.0 cm³/mol. The van der Waals surface area contributed by atoms with Crippen molar-refractivity contribution in [1.29, 1.82) is 0 Å². The topological polar surface area (TPSA) is 66.6 Å². The Balaban J connectivity index is 2.78. The molecule has 1 aromatic rings. The molecule has 0 aliphatic rings. The third-order valence-electron chi connectivity index (χ3n) is 3.57. The Morgan fingerprint density at radius 1 is 1.00 bits per heavy atom. The SMILES string of the molecule is CC(C)N(CC(N)=O)CC(=O)N(Cc1ccccc1)C(C)C. The minimum Gasteiger partial charge on any atom is -0.369 e. The maximum absolute atomic E-state index is 12.6. The number of nitrogens with two attached hydrogens (primary N) is 1. The molecule has 0 aromatic heterocycles. The average molecular weight is 305 g/mol. The van der Waals surface area contributed by atoms with E-state index in [0.717, 1.165) is 5.56 Å². The standard InChI is InChI=1S/C17H27N3O2/c1-13(2)19(11-16(18)21)12-17(22)20(14(3)4)10-15-8-6-5-7-9-15/h5-9,13-14H,10-12H2,1-4H3,(H2,18,21). The minimum absolute atomic E-state index is 0.00815. The van der Waals surface area contributed by atoms with Crippen molar-refractivity contribution in [3.8, 4) is 0 Å². The lowest BCUT2D eigenvalue weighted by molar-refractivity contribution is -0.135. The second-order valence-electron chi connectivity index (χ2n) is 6.07. The van der Waals surface area contributed by atoms with Crippen molar-refractivity contribution < 1.29 is 9.59 Å². The lowest BCUT2D eigenvalue weighted by atomic mass is 10.2. The molecule has 0 heterocycles. The van der Waals surface area contributed by atoms with Gasteiger partial charge in [0.2, 0.25) is 11.8 Å². The molecule has 0 saturated carbocycles. The van der Waals surface area contributed by atoms with Gasteiger partial charge in [-0.05, 0) is 33.3 Å². The number of primary amides is 1.